The van der Waals surface area contributed by atoms with Crippen LogP contribution in [0.4, 0.5) is 0 Å². The number of methoxy groups -OCH3 is 2. The Balaban J connectivity index is 1.53. The van der Waals surface area contributed by atoms with Gasteiger partial charge < -0.3 is 29.6 Å². The highest BCUT2D eigenvalue weighted by Crippen LogP contribution is 2.25. The molecule has 0 aromatic heterocycles. The summed E-state index contributed by atoms with van der Waals surface area (Å²) in [7, 11) is 2.21. The van der Waals surface area contributed by atoms with Crippen molar-refractivity contribution in [2.45, 2.75) is 122 Å². The van der Waals surface area contributed by atoms with Crippen molar-refractivity contribution in [3.63, 3.8) is 0 Å². The molecule has 0 spiro atoms. The van der Waals surface area contributed by atoms with Crippen molar-refractivity contribution < 1.29 is 52.5 Å². The summed E-state index contributed by atoms with van der Waals surface area (Å²) < 4.78 is 20.7. The zero-order valence-electron chi connectivity index (χ0n) is 32.9. The molecule has 0 bridgehead atoms. The number of fused-ring (bicyclic) bond motifs is 1. The SMILES string of the molecule is CCCCCCCCCCCCCC(=O)N[C@H](CCC(=O)N[C@@H](COC[C@H](C(=O)OC)N1C(=O)c2ccccc2C1=O)C(=O)OC)C(=O)OCc1ccccc1. The van der Waals surface area contributed by atoms with Crippen molar-refractivity contribution in [3.8, 4) is 0 Å². The molecule has 56 heavy (non-hydrogen) atoms. The summed E-state index contributed by atoms with van der Waals surface area (Å²) in [6.45, 7) is 1.16. The molecule has 0 aliphatic carbocycles. The first-order chi connectivity index (χ1) is 27.1. The summed E-state index contributed by atoms with van der Waals surface area (Å²) in [5, 5.41) is 5.22. The Hall–Kier alpha value is -5.11. The zero-order valence-corrected chi connectivity index (χ0v) is 32.9. The van der Waals surface area contributed by atoms with Gasteiger partial charge in [-0.25, -0.2) is 14.4 Å². The molecule has 0 fully saturated rings. The molecule has 1 aliphatic rings. The fourth-order valence-corrected chi connectivity index (χ4v) is 6.32. The van der Waals surface area contributed by atoms with E-state index in [1.54, 1.807) is 24.3 Å². The Kier molecular flexibility index (Phi) is 20.3. The van der Waals surface area contributed by atoms with Crippen LogP contribution in [0, 0.1) is 0 Å². The third-order valence-corrected chi connectivity index (χ3v) is 9.50. The first kappa shape index (κ1) is 45.3. The lowest BCUT2D eigenvalue weighted by Crippen LogP contribution is -2.50. The number of carbonyl (C=O) groups is 7. The fourth-order valence-electron chi connectivity index (χ4n) is 6.32. The number of ether oxygens (including phenoxy) is 4. The predicted molar refractivity (Wildman–Crippen MR) is 206 cm³/mol. The molecule has 0 saturated carbocycles. The molecule has 306 valence electrons. The number of imide groups is 1. The van der Waals surface area contributed by atoms with E-state index in [2.05, 4.69) is 17.6 Å². The van der Waals surface area contributed by atoms with E-state index in [-0.39, 0.29) is 42.9 Å². The van der Waals surface area contributed by atoms with Gasteiger partial charge in [0.15, 0.2) is 12.1 Å². The molecule has 2 aromatic rings. The highest BCUT2D eigenvalue weighted by Gasteiger charge is 2.43. The van der Waals surface area contributed by atoms with Gasteiger partial charge in [-0.2, -0.15) is 0 Å². The van der Waals surface area contributed by atoms with Gasteiger partial charge in [0.25, 0.3) is 11.8 Å². The van der Waals surface area contributed by atoms with Crippen LogP contribution in [0.5, 0.6) is 0 Å². The first-order valence-electron chi connectivity index (χ1n) is 19.6. The van der Waals surface area contributed by atoms with Gasteiger partial charge in [0.1, 0.15) is 12.6 Å². The molecule has 2 aromatic carbocycles. The first-order valence-corrected chi connectivity index (χ1v) is 19.6. The number of hydrogen-bond donors (Lipinski definition) is 2. The highest BCUT2D eigenvalue weighted by molar-refractivity contribution is 6.22. The average Bonchev–Trinajstić information content (AvgIpc) is 3.46. The molecule has 0 unspecified atom stereocenters. The van der Waals surface area contributed by atoms with E-state index in [0.717, 1.165) is 43.9 Å². The molecular weight excluding hydrogens is 722 g/mol. The molecule has 3 rings (SSSR count). The van der Waals surface area contributed by atoms with Crippen LogP contribution < -0.4 is 10.6 Å². The van der Waals surface area contributed by atoms with Gasteiger partial charge in [-0.3, -0.25) is 24.1 Å². The van der Waals surface area contributed by atoms with E-state index >= 15 is 0 Å². The van der Waals surface area contributed by atoms with Gasteiger partial charge in [-0.05, 0) is 30.5 Å². The Morgan fingerprint density at radius 2 is 1.12 bits per heavy atom. The maximum Gasteiger partial charge on any atom is 0.331 e. The van der Waals surface area contributed by atoms with Crippen LogP contribution in [0.15, 0.2) is 54.6 Å². The van der Waals surface area contributed by atoms with E-state index < -0.39 is 67.0 Å². The number of hydrogen-bond acceptors (Lipinski definition) is 11. The third kappa shape index (κ3) is 14.9. The van der Waals surface area contributed by atoms with Crippen LogP contribution in [-0.2, 0) is 49.5 Å². The topological polar surface area (TPSA) is 184 Å². The molecule has 14 heteroatoms. The monoisotopic (exact) mass is 779 g/mol. The minimum Gasteiger partial charge on any atom is -0.467 e. The summed E-state index contributed by atoms with van der Waals surface area (Å²) in [4.78, 5) is 91.2. The van der Waals surface area contributed by atoms with Gasteiger partial charge in [0.05, 0.1) is 38.6 Å². The predicted octanol–water partition coefficient (Wildman–Crippen LogP) is 5.21. The second-order valence-corrected chi connectivity index (χ2v) is 13.8. The second kappa shape index (κ2) is 25.1. The molecule has 1 heterocycles. The molecular formula is C42H57N3O11. The van der Waals surface area contributed by atoms with Crippen LogP contribution in [0.3, 0.4) is 0 Å². The maximum absolute atomic E-state index is 13.2. The number of rotatable bonds is 27. The van der Waals surface area contributed by atoms with Crippen LogP contribution in [0.2, 0.25) is 0 Å². The number of unbranched alkanes of at least 4 members (excludes halogenated alkanes) is 10. The number of carbonyl (C=O) groups excluding carboxylic acids is 7. The number of esters is 3. The molecule has 2 N–H and O–H groups in total. The molecule has 14 nitrogen and oxygen atoms in total. The minimum absolute atomic E-state index is 0.0219. The molecule has 0 saturated heterocycles. The Labute approximate surface area is 329 Å². The summed E-state index contributed by atoms with van der Waals surface area (Å²) in [5.41, 5.74) is 1.00. The third-order valence-electron chi connectivity index (χ3n) is 9.50. The Morgan fingerprint density at radius 3 is 1.70 bits per heavy atom. The fraction of sp³-hybridized carbons (Fsp3) is 0.548. The minimum atomic E-state index is -1.47. The van der Waals surface area contributed by atoms with Crippen LogP contribution in [0.1, 0.15) is 123 Å². The molecule has 4 amide bonds. The number of benzene rings is 2. The Bertz CT molecular complexity index is 1560. The summed E-state index contributed by atoms with van der Waals surface area (Å²) >= 11 is 0. The van der Waals surface area contributed by atoms with Crippen molar-refractivity contribution >= 4 is 41.5 Å². The average molecular weight is 780 g/mol. The lowest BCUT2D eigenvalue weighted by atomic mass is 10.0. The molecule has 3 atom stereocenters. The van der Waals surface area contributed by atoms with E-state index in [0.29, 0.717) is 6.42 Å². The van der Waals surface area contributed by atoms with Gasteiger partial charge in [0, 0.05) is 12.8 Å². The molecule has 1 aliphatic heterocycles. The summed E-state index contributed by atoms with van der Waals surface area (Å²) in [6, 6.07) is 11.2. The normalized spacial score (nSPS) is 13.7. The van der Waals surface area contributed by atoms with Crippen molar-refractivity contribution in [1.29, 1.82) is 0 Å². The van der Waals surface area contributed by atoms with E-state index in [9.17, 15) is 33.6 Å². The van der Waals surface area contributed by atoms with Crippen molar-refractivity contribution in [3.05, 3.63) is 71.3 Å². The van der Waals surface area contributed by atoms with Crippen LogP contribution in [0.25, 0.3) is 0 Å². The number of nitrogens with one attached hydrogen (secondary N) is 2. The maximum atomic E-state index is 13.2. The standard InChI is InChI=1S/C42H57N3O11/c1-4-5-6-7-8-9-10-11-12-13-17-24-36(46)43-33(41(51)56-27-30-20-15-14-16-21-30)25-26-37(47)44-34(40(50)53-2)28-55-29-35(42(52)54-3)45-38(48)31-22-18-19-23-32(31)39(45)49/h14-16,18-23,33-35H,4-13,17,24-29H2,1-3H3,(H,43,46)(H,44,47)/t33-,34+,35-/m1/s1. The van der Waals surface area contributed by atoms with Gasteiger partial charge in [-0.1, -0.05) is 114 Å². The van der Waals surface area contributed by atoms with Gasteiger partial charge >= 0.3 is 17.9 Å². The highest BCUT2D eigenvalue weighted by atomic mass is 16.5. The smallest absolute Gasteiger partial charge is 0.331 e. The van der Waals surface area contributed by atoms with Crippen molar-refractivity contribution in [2.75, 3.05) is 27.4 Å². The van der Waals surface area contributed by atoms with Crippen molar-refractivity contribution in [2.24, 2.45) is 0 Å². The van der Waals surface area contributed by atoms with Crippen molar-refractivity contribution in [1.82, 2.24) is 15.5 Å². The summed E-state index contributed by atoms with van der Waals surface area (Å²) in [6.07, 6.45) is 12.3. The largest absolute Gasteiger partial charge is 0.467 e. The Morgan fingerprint density at radius 1 is 0.607 bits per heavy atom. The van der Waals surface area contributed by atoms with Gasteiger partial charge in [0.2, 0.25) is 11.8 Å². The number of amides is 4. The quantitative estimate of drug-likeness (QED) is 0.0526. The van der Waals surface area contributed by atoms with E-state index in [1.807, 2.05) is 18.2 Å². The lowest BCUT2D eigenvalue weighted by molar-refractivity contribution is -0.151. The van der Waals surface area contributed by atoms with Gasteiger partial charge in [-0.15, -0.1) is 0 Å². The second-order valence-electron chi connectivity index (χ2n) is 13.8. The summed E-state index contributed by atoms with van der Waals surface area (Å²) in [5.74, 6) is -4.89. The zero-order chi connectivity index (χ0) is 40.7. The number of nitrogens with zero attached hydrogens (tertiary/aromatic N) is 1. The van der Waals surface area contributed by atoms with E-state index in [1.165, 1.54) is 57.1 Å². The molecule has 0 radical (unpaired) electrons. The lowest BCUT2D eigenvalue weighted by Gasteiger charge is -2.25. The van der Waals surface area contributed by atoms with Crippen LogP contribution in [-0.4, -0.2) is 92.0 Å². The van der Waals surface area contributed by atoms with Crippen LogP contribution >= 0.6 is 0 Å². The van der Waals surface area contributed by atoms with E-state index in [4.69, 9.17) is 18.9 Å².